The predicted molar refractivity (Wildman–Crippen MR) is 141 cm³/mol. The Morgan fingerprint density at radius 2 is 1.97 bits per heavy atom. The molecule has 1 N–H and O–H groups in total. The van der Waals surface area contributed by atoms with E-state index in [1.807, 2.05) is 29.7 Å². The summed E-state index contributed by atoms with van der Waals surface area (Å²) in [6.45, 7) is 5.51. The number of nitrogens with zero attached hydrogens (tertiary/aromatic N) is 5. The Kier molecular flexibility index (Phi) is 6.59. The van der Waals surface area contributed by atoms with Gasteiger partial charge in [0.05, 0.1) is 18.0 Å². The molecule has 0 aliphatic heterocycles. The van der Waals surface area contributed by atoms with Crippen molar-refractivity contribution in [2.24, 2.45) is 0 Å². The molecule has 0 radical (unpaired) electrons. The minimum Gasteiger partial charge on any atom is -0.492 e. The Labute approximate surface area is 210 Å². The van der Waals surface area contributed by atoms with Crippen LogP contribution >= 0.6 is 11.6 Å². The first-order valence-corrected chi connectivity index (χ1v) is 12.4. The number of nitrogens with one attached hydrogen (secondary N) is 1. The molecule has 8 heteroatoms. The second-order valence-corrected chi connectivity index (χ2v) is 8.98. The summed E-state index contributed by atoms with van der Waals surface area (Å²) in [5.74, 6) is 2.57. The molecular weight excluding hydrogens is 460 g/mol. The molecule has 0 bridgehead atoms. The lowest BCUT2D eigenvalue weighted by atomic mass is 9.97. The second kappa shape index (κ2) is 9.96. The van der Waals surface area contributed by atoms with E-state index in [-0.39, 0.29) is 5.92 Å². The van der Waals surface area contributed by atoms with Crippen LogP contribution in [-0.2, 0) is 6.42 Å². The maximum Gasteiger partial charge on any atom is 0.229 e. The number of imidazole rings is 1. The molecule has 1 atom stereocenters. The Bertz CT molecular complexity index is 1320. The molecule has 0 saturated heterocycles. The fourth-order valence-corrected chi connectivity index (χ4v) is 4.76. The maximum absolute atomic E-state index is 6.03. The number of halogens is 1. The van der Waals surface area contributed by atoms with Crippen LogP contribution in [0.5, 0.6) is 5.75 Å². The van der Waals surface area contributed by atoms with E-state index in [2.05, 4.69) is 59.5 Å². The van der Waals surface area contributed by atoms with Crippen molar-refractivity contribution >= 4 is 29.1 Å². The van der Waals surface area contributed by atoms with Crippen LogP contribution in [0.3, 0.4) is 0 Å². The lowest BCUT2D eigenvalue weighted by molar-refractivity contribution is 0.339. The van der Waals surface area contributed by atoms with E-state index < -0.39 is 0 Å². The van der Waals surface area contributed by atoms with Gasteiger partial charge in [0.15, 0.2) is 0 Å². The van der Waals surface area contributed by atoms with Crippen LogP contribution < -0.4 is 15.0 Å². The lowest BCUT2D eigenvalue weighted by Gasteiger charge is -2.21. The molecule has 4 aromatic rings. The molecule has 1 aliphatic carbocycles. The van der Waals surface area contributed by atoms with E-state index in [4.69, 9.17) is 26.3 Å². The van der Waals surface area contributed by atoms with Crippen molar-refractivity contribution in [2.75, 3.05) is 30.4 Å². The maximum atomic E-state index is 6.03. The SMILES string of the molecule is CCOc1cc(Nc2nc3c(c(N(C)CC)n2)CCC3c2ccccc2)ccc1-n1cnc(Cl)c1. The minimum atomic E-state index is 0.270. The molecule has 1 aliphatic rings. The molecule has 2 aromatic carbocycles. The average molecular weight is 489 g/mol. The summed E-state index contributed by atoms with van der Waals surface area (Å²) in [4.78, 5) is 16.3. The molecule has 35 heavy (non-hydrogen) atoms. The summed E-state index contributed by atoms with van der Waals surface area (Å²) in [5.41, 5.74) is 5.36. The van der Waals surface area contributed by atoms with E-state index in [0.717, 1.165) is 48.0 Å². The number of rotatable bonds is 8. The van der Waals surface area contributed by atoms with Crippen molar-refractivity contribution in [3.63, 3.8) is 0 Å². The molecule has 5 rings (SSSR count). The van der Waals surface area contributed by atoms with Crippen LogP contribution in [0.2, 0.25) is 5.15 Å². The van der Waals surface area contributed by atoms with E-state index in [1.165, 1.54) is 11.1 Å². The summed E-state index contributed by atoms with van der Waals surface area (Å²) in [6, 6.07) is 16.5. The van der Waals surface area contributed by atoms with Crippen LogP contribution in [0.15, 0.2) is 61.1 Å². The van der Waals surface area contributed by atoms with E-state index in [0.29, 0.717) is 17.7 Å². The monoisotopic (exact) mass is 488 g/mol. The summed E-state index contributed by atoms with van der Waals surface area (Å²) in [6.07, 6.45) is 5.45. The molecule has 0 spiro atoms. The van der Waals surface area contributed by atoms with E-state index in [1.54, 1.807) is 12.5 Å². The summed E-state index contributed by atoms with van der Waals surface area (Å²) in [5, 5.41) is 3.86. The van der Waals surface area contributed by atoms with Crippen molar-refractivity contribution in [3.8, 4) is 11.4 Å². The third-order valence-corrected chi connectivity index (χ3v) is 6.61. The highest BCUT2D eigenvalue weighted by Crippen LogP contribution is 2.41. The summed E-state index contributed by atoms with van der Waals surface area (Å²) in [7, 11) is 2.08. The van der Waals surface area contributed by atoms with Gasteiger partial charge in [-0.1, -0.05) is 41.9 Å². The predicted octanol–water partition coefficient (Wildman–Crippen LogP) is 5.99. The van der Waals surface area contributed by atoms with Crippen LogP contribution in [-0.4, -0.2) is 39.7 Å². The third kappa shape index (κ3) is 4.68. The number of hydrogen-bond donors (Lipinski definition) is 1. The molecule has 0 fully saturated rings. The molecule has 0 saturated carbocycles. The van der Waals surface area contributed by atoms with Crippen molar-refractivity contribution in [2.45, 2.75) is 32.6 Å². The molecule has 1 unspecified atom stereocenters. The zero-order valence-corrected chi connectivity index (χ0v) is 21.0. The molecule has 2 heterocycles. The molecular formula is C27H29ClN6O. The number of ether oxygens (including phenoxy) is 1. The average Bonchev–Trinajstić information content (AvgIpc) is 3.50. The van der Waals surface area contributed by atoms with Crippen LogP contribution in [0.25, 0.3) is 5.69 Å². The molecule has 180 valence electrons. The quantitative estimate of drug-likeness (QED) is 0.328. The van der Waals surface area contributed by atoms with Crippen LogP contribution in [0.4, 0.5) is 17.5 Å². The second-order valence-electron chi connectivity index (χ2n) is 8.59. The van der Waals surface area contributed by atoms with Gasteiger partial charge in [-0.25, -0.2) is 9.97 Å². The number of fused-ring (bicyclic) bond motifs is 1. The Balaban J connectivity index is 1.52. The summed E-state index contributed by atoms with van der Waals surface area (Å²) >= 11 is 6.03. The van der Waals surface area contributed by atoms with Gasteiger partial charge in [0, 0.05) is 43.0 Å². The Morgan fingerprint density at radius 3 is 2.69 bits per heavy atom. The van der Waals surface area contributed by atoms with Gasteiger partial charge in [-0.3, -0.25) is 0 Å². The first-order valence-electron chi connectivity index (χ1n) is 12.0. The number of hydrogen-bond acceptors (Lipinski definition) is 6. The smallest absolute Gasteiger partial charge is 0.229 e. The van der Waals surface area contributed by atoms with Gasteiger partial charge in [0.25, 0.3) is 0 Å². The highest BCUT2D eigenvalue weighted by Gasteiger charge is 2.30. The zero-order valence-electron chi connectivity index (χ0n) is 20.2. The molecule has 2 aromatic heterocycles. The van der Waals surface area contributed by atoms with Crippen molar-refractivity contribution < 1.29 is 4.74 Å². The number of anilines is 3. The first kappa shape index (κ1) is 23.2. The highest BCUT2D eigenvalue weighted by molar-refractivity contribution is 6.29. The van der Waals surface area contributed by atoms with Gasteiger partial charge in [0.2, 0.25) is 5.95 Å². The van der Waals surface area contributed by atoms with Gasteiger partial charge >= 0.3 is 0 Å². The molecule has 7 nitrogen and oxygen atoms in total. The largest absolute Gasteiger partial charge is 0.492 e. The van der Waals surface area contributed by atoms with Gasteiger partial charge < -0.3 is 19.5 Å². The van der Waals surface area contributed by atoms with E-state index in [9.17, 15) is 0 Å². The standard InChI is InChI=1S/C27H29ClN6O/c1-4-33(3)26-21-13-12-20(18-9-7-6-8-10-18)25(21)31-27(32-26)30-19-11-14-22(23(15-19)35-5-2)34-16-24(28)29-17-34/h6-11,14-17,20H,4-5,12-13H2,1-3H3,(H,30,31,32). The van der Waals surface area contributed by atoms with Crippen molar-refractivity contribution in [1.29, 1.82) is 0 Å². The van der Waals surface area contributed by atoms with Crippen molar-refractivity contribution in [3.05, 3.63) is 83.0 Å². The third-order valence-electron chi connectivity index (χ3n) is 6.41. The number of aromatic nitrogens is 4. The van der Waals surface area contributed by atoms with E-state index >= 15 is 0 Å². The fourth-order valence-electron chi connectivity index (χ4n) is 4.61. The Morgan fingerprint density at radius 1 is 1.14 bits per heavy atom. The Hall–Kier alpha value is -3.58. The van der Waals surface area contributed by atoms with Gasteiger partial charge in [0.1, 0.15) is 23.0 Å². The number of benzene rings is 2. The van der Waals surface area contributed by atoms with Gasteiger partial charge in [-0.15, -0.1) is 0 Å². The van der Waals surface area contributed by atoms with Crippen molar-refractivity contribution in [1.82, 2.24) is 19.5 Å². The van der Waals surface area contributed by atoms with Crippen LogP contribution in [0, 0.1) is 0 Å². The first-order chi connectivity index (χ1) is 17.1. The molecule has 0 amide bonds. The normalized spacial score (nSPS) is 14.6. The summed E-state index contributed by atoms with van der Waals surface area (Å²) < 4.78 is 7.78. The zero-order chi connectivity index (χ0) is 24.4. The minimum absolute atomic E-state index is 0.270. The highest BCUT2D eigenvalue weighted by atomic mass is 35.5. The fraction of sp³-hybridized carbons (Fsp3) is 0.296. The van der Waals surface area contributed by atoms with Crippen LogP contribution in [0.1, 0.15) is 43.0 Å². The topological polar surface area (TPSA) is 68.1 Å². The van der Waals surface area contributed by atoms with Gasteiger partial charge in [-0.05, 0) is 44.4 Å². The van der Waals surface area contributed by atoms with Gasteiger partial charge in [-0.2, -0.15) is 4.98 Å². The lowest BCUT2D eigenvalue weighted by Crippen LogP contribution is -2.20.